The normalized spacial score (nSPS) is 12.5. The van der Waals surface area contributed by atoms with Crippen LogP contribution in [-0.4, -0.2) is 6.10 Å². The van der Waals surface area contributed by atoms with Crippen molar-refractivity contribution in [3.63, 3.8) is 0 Å². The third-order valence-electron chi connectivity index (χ3n) is 5.14. The van der Waals surface area contributed by atoms with E-state index < -0.39 is 13.9 Å². The van der Waals surface area contributed by atoms with E-state index in [1.54, 1.807) is 0 Å². The van der Waals surface area contributed by atoms with E-state index in [0.29, 0.717) is 18.8 Å². The molecule has 0 rings (SSSR count). The minimum Gasteiger partial charge on any atom is -0.790 e. The Bertz CT molecular complexity index is 365. The van der Waals surface area contributed by atoms with Crippen molar-refractivity contribution in [3.8, 4) is 0 Å². The molecule has 1 atom stereocenters. The molecule has 0 bridgehead atoms. The van der Waals surface area contributed by atoms with Gasteiger partial charge in [0.15, 0.2) is 0 Å². The van der Waals surface area contributed by atoms with E-state index in [4.69, 9.17) is 4.52 Å². The molecule has 0 fully saturated rings. The summed E-state index contributed by atoms with van der Waals surface area (Å²) in [7, 11) is -4.87. The maximum atomic E-state index is 10.8. The Kier molecular flexibility index (Phi) is 33.1. The molecule has 0 N–H and O–H groups in total. The van der Waals surface area contributed by atoms with Crippen LogP contribution in [0.25, 0.3) is 0 Å². The van der Waals surface area contributed by atoms with Gasteiger partial charge in [-0.15, -0.1) is 0 Å². The summed E-state index contributed by atoms with van der Waals surface area (Å²) in [5.74, 6) is 0.331. The Hall–Kier alpha value is 3.38. The van der Waals surface area contributed by atoms with Crippen LogP contribution in [-0.2, 0) is 9.09 Å². The molecule has 0 saturated heterocycles. The maximum Gasteiger partial charge on any atom is 1.00 e. The molecule has 0 radical (unpaired) electrons. The summed E-state index contributed by atoms with van der Waals surface area (Å²) in [5, 5.41) is 0. The van der Waals surface area contributed by atoms with Gasteiger partial charge in [0.1, 0.15) is 0 Å². The van der Waals surface area contributed by atoms with Crippen molar-refractivity contribution in [2.24, 2.45) is 5.92 Å². The molecule has 0 aromatic heterocycles. The molecule has 0 aliphatic carbocycles. The van der Waals surface area contributed by atoms with Crippen LogP contribution in [0, 0.1) is 5.92 Å². The minimum absolute atomic E-state index is 0. The van der Waals surface area contributed by atoms with Gasteiger partial charge in [-0.25, -0.2) is 0 Å². The second-order valence-corrected chi connectivity index (χ2v) is 9.65. The van der Waals surface area contributed by atoms with Gasteiger partial charge in [-0.05, 0) is 18.8 Å². The Balaban J connectivity index is -0.00000338. The molecule has 0 aromatic rings. The Morgan fingerprint density at radius 3 is 1.34 bits per heavy atom. The van der Waals surface area contributed by atoms with E-state index in [1.165, 1.54) is 83.5 Å². The average Bonchev–Trinajstić information content (AvgIpc) is 2.56. The van der Waals surface area contributed by atoms with Crippen LogP contribution in [0.2, 0.25) is 0 Å². The van der Waals surface area contributed by atoms with E-state index >= 15 is 0 Å². The molecule has 0 aliphatic heterocycles. The van der Waals surface area contributed by atoms with E-state index in [1.807, 2.05) is 13.8 Å². The molecule has 7 heteroatoms. The molecule has 164 valence electrons. The number of unbranched alkanes of at least 4 members (excludes halogenated alkanes) is 14. The van der Waals surface area contributed by atoms with Crippen LogP contribution >= 0.6 is 7.82 Å². The molecule has 0 heterocycles. The third kappa shape index (κ3) is 31.4. The van der Waals surface area contributed by atoms with Crippen LogP contribution in [0.1, 0.15) is 130 Å². The largest absolute Gasteiger partial charge is 1.00 e. The van der Waals surface area contributed by atoms with Crippen molar-refractivity contribution in [3.05, 3.63) is 0 Å². The Morgan fingerprint density at radius 1 is 0.690 bits per heavy atom. The summed E-state index contributed by atoms with van der Waals surface area (Å²) >= 11 is 0. The van der Waals surface area contributed by atoms with Gasteiger partial charge in [0.05, 0.1) is 13.9 Å². The van der Waals surface area contributed by atoms with Gasteiger partial charge in [-0.2, -0.15) is 0 Å². The molecule has 0 aliphatic rings. The monoisotopic (exact) mass is 482 g/mol. The second kappa shape index (κ2) is 26.0. The SMILES string of the molecule is CCCCCCCCCCCCCCCCCC(CC(C)C)OP(=O)([O-])[O-].[K+].[K+]. The van der Waals surface area contributed by atoms with Crippen molar-refractivity contribution < 1.29 is 122 Å². The van der Waals surface area contributed by atoms with E-state index in [-0.39, 0.29) is 103 Å². The summed E-state index contributed by atoms with van der Waals surface area (Å²) in [5.41, 5.74) is 0. The van der Waals surface area contributed by atoms with Crippen molar-refractivity contribution in [1.82, 2.24) is 0 Å². The van der Waals surface area contributed by atoms with Gasteiger partial charge in [-0.3, -0.25) is 0 Å². The number of phosphoric ester groups is 1. The molecule has 0 spiro atoms. The first kappa shape index (κ1) is 36.9. The van der Waals surface area contributed by atoms with E-state index in [9.17, 15) is 14.4 Å². The predicted octanol–water partition coefficient (Wildman–Crippen LogP) is 0.516. The molecule has 0 amide bonds. The fraction of sp³-hybridized carbons (Fsp3) is 1.00. The molecular formula is C22H45K2O4P. The molecule has 29 heavy (non-hydrogen) atoms. The summed E-state index contributed by atoms with van der Waals surface area (Å²) in [6.45, 7) is 6.30. The smallest absolute Gasteiger partial charge is 0.790 e. The van der Waals surface area contributed by atoms with E-state index in [2.05, 4.69) is 6.92 Å². The second-order valence-electron chi connectivity index (χ2n) is 8.54. The topological polar surface area (TPSA) is 72.4 Å². The third-order valence-corrected chi connectivity index (χ3v) is 5.70. The summed E-state index contributed by atoms with van der Waals surface area (Å²) in [4.78, 5) is 21.7. The average molecular weight is 483 g/mol. The van der Waals surface area contributed by atoms with Gasteiger partial charge >= 0.3 is 103 Å². The van der Waals surface area contributed by atoms with Crippen LogP contribution in [0.15, 0.2) is 0 Å². The molecular weight excluding hydrogens is 437 g/mol. The van der Waals surface area contributed by atoms with Crippen molar-refractivity contribution >= 4 is 7.82 Å². The first-order chi connectivity index (χ1) is 12.8. The zero-order valence-corrected chi connectivity index (χ0v) is 27.4. The summed E-state index contributed by atoms with van der Waals surface area (Å²) in [6.07, 6.45) is 20.5. The van der Waals surface area contributed by atoms with Gasteiger partial charge in [0.2, 0.25) is 0 Å². The molecule has 4 nitrogen and oxygen atoms in total. The number of hydrogen-bond donors (Lipinski definition) is 0. The summed E-state index contributed by atoms with van der Waals surface area (Å²) in [6, 6.07) is 0. The van der Waals surface area contributed by atoms with Crippen LogP contribution in [0.3, 0.4) is 0 Å². The quantitative estimate of drug-likeness (QED) is 0.144. The Labute approximate surface area is 266 Å². The Morgan fingerprint density at radius 2 is 1.03 bits per heavy atom. The van der Waals surface area contributed by atoms with Crippen LogP contribution in [0.5, 0.6) is 0 Å². The molecule has 0 saturated carbocycles. The van der Waals surface area contributed by atoms with Crippen molar-refractivity contribution in [1.29, 1.82) is 0 Å². The number of hydrogen-bond acceptors (Lipinski definition) is 4. The minimum atomic E-state index is -4.87. The fourth-order valence-corrected chi connectivity index (χ4v) is 4.22. The summed E-state index contributed by atoms with van der Waals surface area (Å²) < 4.78 is 15.5. The maximum absolute atomic E-state index is 10.8. The van der Waals surface area contributed by atoms with E-state index in [0.717, 1.165) is 12.8 Å². The number of phosphoric acid groups is 1. The fourth-order valence-electron chi connectivity index (χ4n) is 3.67. The molecule has 0 aromatic carbocycles. The zero-order valence-electron chi connectivity index (χ0n) is 20.3. The van der Waals surface area contributed by atoms with Crippen LogP contribution in [0.4, 0.5) is 0 Å². The molecule has 1 unspecified atom stereocenters. The predicted molar refractivity (Wildman–Crippen MR) is 111 cm³/mol. The van der Waals surface area contributed by atoms with Crippen molar-refractivity contribution in [2.45, 2.75) is 136 Å². The van der Waals surface area contributed by atoms with Gasteiger partial charge in [0.25, 0.3) is 0 Å². The standard InChI is InChI=1S/C22H47O4P.2K/c1-4-5-6-7-8-9-10-11-12-13-14-15-16-17-18-19-22(20-21(2)3)26-27(23,24)25;;/h21-22H,4-20H2,1-3H3,(H2,23,24,25);;/q;2*+1/p-2. The van der Waals surface area contributed by atoms with Gasteiger partial charge in [0, 0.05) is 0 Å². The van der Waals surface area contributed by atoms with Gasteiger partial charge in [-0.1, -0.05) is 117 Å². The first-order valence-electron chi connectivity index (χ1n) is 11.6. The van der Waals surface area contributed by atoms with Crippen molar-refractivity contribution in [2.75, 3.05) is 0 Å². The number of rotatable bonds is 20. The van der Waals surface area contributed by atoms with Gasteiger partial charge < -0.3 is 18.9 Å². The van der Waals surface area contributed by atoms with Crippen LogP contribution < -0.4 is 113 Å². The first-order valence-corrected chi connectivity index (χ1v) is 13.0. The zero-order chi connectivity index (χ0) is 20.4.